The molecule has 3 nitrogen and oxygen atoms in total. The SMILES string of the molecule is CN(C(=O)c1cccs1)[C@H](Cc1ccccc1)C1CCN(C2Cc3ccccc3C2)CC1. The molecule has 1 aliphatic carbocycles. The van der Waals surface area contributed by atoms with E-state index in [1.165, 1.54) is 29.5 Å². The molecule has 0 bridgehead atoms. The van der Waals surface area contributed by atoms with Crippen molar-refractivity contribution in [2.45, 2.75) is 44.2 Å². The molecule has 4 heteroatoms. The fourth-order valence-corrected chi connectivity index (χ4v) is 6.37. The zero-order valence-corrected chi connectivity index (χ0v) is 19.6. The summed E-state index contributed by atoms with van der Waals surface area (Å²) in [5.41, 5.74) is 4.38. The molecule has 2 aromatic carbocycles. The molecule has 2 heterocycles. The van der Waals surface area contributed by atoms with Gasteiger partial charge in [-0.1, -0.05) is 60.7 Å². The van der Waals surface area contributed by atoms with E-state index < -0.39 is 0 Å². The number of piperidine rings is 1. The Morgan fingerprint density at radius 1 is 0.969 bits per heavy atom. The molecule has 1 atom stereocenters. The first-order valence-corrected chi connectivity index (χ1v) is 12.7. The van der Waals surface area contributed by atoms with Crippen LogP contribution in [0.4, 0.5) is 0 Å². The lowest BCUT2D eigenvalue weighted by atomic mass is 9.84. The van der Waals surface area contributed by atoms with E-state index in [1.54, 1.807) is 11.3 Å². The largest absolute Gasteiger partial charge is 0.337 e. The van der Waals surface area contributed by atoms with E-state index in [0.717, 1.165) is 37.2 Å². The molecule has 32 heavy (non-hydrogen) atoms. The van der Waals surface area contributed by atoms with Crippen LogP contribution in [0.2, 0.25) is 0 Å². The number of likely N-dealkylation sites (N-methyl/N-ethyl adjacent to an activating group) is 1. The molecule has 1 saturated heterocycles. The normalized spacial score (nSPS) is 18.4. The summed E-state index contributed by atoms with van der Waals surface area (Å²) in [5.74, 6) is 0.693. The van der Waals surface area contributed by atoms with Gasteiger partial charge in [0.15, 0.2) is 0 Å². The Bertz CT molecular complexity index is 1000. The third-order valence-corrected chi connectivity index (χ3v) is 8.36. The summed E-state index contributed by atoms with van der Waals surface area (Å²) in [6.45, 7) is 2.27. The standard InChI is InChI=1S/C28H32N2OS/c1-29(28(31)27-12-7-17-32-27)26(18-21-8-3-2-4-9-21)22-13-15-30(16-14-22)25-19-23-10-5-6-11-24(23)20-25/h2-12,17,22,25-26H,13-16,18-20H2,1H3/t26-/m1/s1. The molecule has 1 aromatic heterocycles. The number of carbonyl (C=O) groups excluding carboxylic acids is 1. The Morgan fingerprint density at radius 2 is 1.62 bits per heavy atom. The smallest absolute Gasteiger partial charge is 0.263 e. The molecule has 0 N–H and O–H groups in total. The maximum absolute atomic E-state index is 13.2. The maximum atomic E-state index is 13.2. The van der Waals surface area contributed by atoms with E-state index in [1.807, 2.05) is 29.5 Å². The third-order valence-electron chi connectivity index (χ3n) is 7.50. The molecular formula is C28H32N2OS. The zero-order valence-electron chi connectivity index (χ0n) is 18.8. The predicted octanol–water partition coefficient (Wildman–Crippen LogP) is 5.31. The number of rotatable bonds is 6. The summed E-state index contributed by atoms with van der Waals surface area (Å²) in [6, 6.07) is 24.4. The van der Waals surface area contributed by atoms with Crippen molar-refractivity contribution >= 4 is 17.2 Å². The van der Waals surface area contributed by atoms with Gasteiger partial charge in [0, 0.05) is 19.1 Å². The number of hydrogen-bond donors (Lipinski definition) is 0. The van der Waals surface area contributed by atoms with Crippen LogP contribution in [-0.2, 0) is 19.3 Å². The van der Waals surface area contributed by atoms with Crippen molar-refractivity contribution < 1.29 is 4.79 Å². The van der Waals surface area contributed by atoms with Crippen molar-refractivity contribution in [1.29, 1.82) is 0 Å². The van der Waals surface area contributed by atoms with Gasteiger partial charge in [-0.25, -0.2) is 0 Å². The molecule has 1 aliphatic heterocycles. The Morgan fingerprint density at radius 3 is 2.25 bits per heavy atom. The molecular weight excluding hydrogens is 412 g/mol. The Labute approximate surface area is 195 Å². The molecule has 166 valence electrons. The minimum absolute atomic E-state index is 0.162. The van der Waals surface area contributed by atoms with Crippen LogP contribution in [0.1, 0.15) is 39.2 Å². The Kier molecular flexibility index (Phi) is 6.42. The van der Waals surface area contributed by atoms with Gasteiger partial charge in [-0.15, -0.1) is 11.3 Å². The van der Waals surface area contributed by atoms with Crippen molar-refractivity contribution in [3.8, 4) is 0 Å². The van der Waals surface area contributed by atoms with Gasteiger partial charge in [-0.2, -0.15) is 0 Å². The molecule has 0 unspecified atom stereocenters. The molecule has 0 spiro atoms. The summed E-state index contributed by atoms with van der Waals surface area (Å²) in [4.78, 5) is 18.8. The van der Waals surface area contributed by atoms with Gasteiger partial charge in [0.05, 0.1) is 4.88 Å². The monoisotopic (exact) mass is 444 g/mol. The van der Waals surface area contributed by atoms with Crippen molar-refractivity contribution in [3.05, 3.63) is 93.7 Å². The average molecular weight is 445 g/mol. The molecule has 3 aromatic rings. The molecule has 0 radical (unpaired) electrons. The first-order valence-electron chi connectivity index (χ1n) is 11.8. The average Bonchev–Trinajstić information content (AvgIpc) is 3.53. The van der Waals surface area contributed by atoms with Gasteiger partial charge < -0.3 is 4.90 Å². The fourth-order valence-electron chi connectivity index (χ4n) is 5.66. The number of likely N-dealkylation sites (tertiary alicyclic amines) is 1. The number of benzene rings is 2. The summed E-state index contributed by atoms with van der Waals surface area (Å²) >= 11 is 1.54. The van der Waals surface area contributed by atoms with Gasteiger partial charge >= 0.3 is 0 Å². The number of nitrogens with zero attached hydrogens (tertiary/aromatic N) is 2. The second-order valence-electron chi connectivity index (χ2n) is 9.35. The van der Waals surface area contributed by atoms with E-state index in [0.29, 0.717) is 12.0 Å². The number of thiophene rings is 1. The first kappa shape index (κ1) is 21.4. The van der Waals surface area contributed by atoms with Crippen LogP contribution < -0.4 is 0 Å². The second-order valence-corrected chi connectivity index (χ2v) is 10.3. The minimum atomic E-state index is 0.162. The van der Waals surface area contributed by atoms with Crippen LogP contribution in [0.5, 0.6) is 0 Å². The highest BCUT2D eigenvalue weighted by atomic mass is 32.1. The lowest BCUT2D eigenvalue weighted by molar-refractivity contribution is 0.0552. The van der Waals surface area contributed by atoms with Crippen molar-refractivity contribution in [2.24, 2.45) is 5.92 Å². The molecule has 0 saturated carbocycles. The lowest BCUT2D eigenvalue weighted by Gasteiger charge is -2.41. The number of fused-ring (bicyclic) bond motifs is 1. The van der Waals surface area contributed by atoms with Crippen molar-refractivity contribution in [3.63, 3.8) is 0 Å². The summed E-state index contributed by atoms with van der Waals surface area (Å²) in [7, 11) is 2.01. The van der Waals surface area contributed by atoms with E-state index in [9.17, 15) is 4.79 Å². The highest BCUT2D eigenvalue weighted by Crippen LogP contribution is 2.32. The number of amides is 1. The fraction of sp³-hybridized carbons (Fsp3) is 0.393. The van der Waals surface area contributed by atoms with Crippen LogP contribution in [0.25, 0.3) is 0 Å². The Hall–Kier alpha value is -2.43. The summed E-state index contributed by atoms with van der Waals surface area (Å²) < 4.78 is 0. The van der Waals surface area contributed by atoms with Crippen LogP contribution in [0.3, 0.4) is 0 Å². The van der Waals surface area contributed by atoms with Gasteiger partial charge in [-0.3, -0.25) is 9.69 Å². The van der Waals surface area contributed by atoms with E-state index in [-0.39, 0.29) is 11.9 Å². The predicted molar refractivity (Wildman–Crippen MR) is 132 cm³/mol. The van der Waals surface area contributed by atoms with E-state index >= 15 is 0 Å². The zero-order chi connectivity index (χ0) is 21.9. The number of hydrogen-bond acceptors (Lipinski definition) is 3. The van der Waals surface area contributed by atoms with Crippen LogP contribution >= 0.6 is 11.3 Å². The van der Waals surface area contributed by atoms with Gasteiger partial charge in [0.2, 0.25) is 0 Å². The van der Waals surface area contributed by atoms with Gasteiger partial charge in [-0.05, 0) is 79.2 Å². The highest BCUT2D eigenvalue weighted by molar-refractivity contribution is 7.12. The minimum Gasteiger partial charge on any atom is -0.337 e. The Balaban J connectivity index is 1.27. The van der Waals surface area contributed by atoms with Crippen LogP contribution in [0, 0.1) is 5.92 Å². The topological polar surface area (TPSA) is 23.6 Å². The van der Waals surface area contributed by atoms with E-state index in [4.69, 9.17) is 0 Å². The third kappa shape index (κ3) is 4.53. The summed E-state index contributed by atoms with van der Waals surface area (Å²) in [6.07, 6.45) is 5.61. The van der Waals surface area contributed by atoms with E-state index in [2.05, 4.69) is 59.5 Å². The molecule has 1 fully saturated rings. The molecule has 5 rings (SSSR count). The quantitative estimate of drug-likeness (QED) is 0.514. The molecule has 1 amide bonds. The van der Waals surface area contributed by atoms with Crippen molar-refractivity contribution in [1.82, 2.24) is 9.80 Å². The molecule has 2 aliphatic rings. The lowest BCUT2D eigenvalue weighted by Crippen LogP contribution is -2.49. The number of carbonyl (C=O) groups is 1. The van der Waals surface area contributed by atoms with Crippen LogP contribution in [-0.4, -0.2) is 47.9 Å². The van der Waals surface area contributed by atoms with Gasteiger partial charge in [0.1, 0.15) is 0 Å². The second kappa shape index (κ2) is 9.60. The summed E-state index contributed by atoms with van der Waals surface area (Å²) in [5, 5.41) is 1.99. The van der Waals surface area contributed by atoms with Crippen LogP contribution in [0.15, 0.2) is 72.1 Å². The van der Waals surface area contributed by atoms with Crippen molar-refractivity contribution in [2.75, 3.05) is 20.1 Å². The first-order chi connectivity index (χ1) is 15.7. The highest BCUT2D eigenvalue weighted by Gasteiger charge is 2.35. The maximum Gasteiger partial charge on any atom is 0.263 e. The van der Waals surface area contributed by atoms with Gasteiger partial charge in [0.25, 0.3) is 5.91 Å².